The molecule has 2 saturated heterocycles. The summed E-state index contributed by atoms with van der Waals surface area (Å²) >= 11 is 0. The van der Waals surface area contributed by atoms with Crippen LogP contribution >= 0.6 is 0 Å². The topological polar surface area (TPSA) is 58.6 Å². The molecule has 3 aliphatic rings. The van der Waals surface area contributed by atoms with Crippen LogP contribution in [0.3, 0.4) is 0 Å². The molecule has 0 aromatic rings. The van der Waals surface area contributed by atoms with Crippen molar-refractivity contribution in [3.8, 4) is 0 Å². The molecule has 2 aliphatic heterocycles. The molecule has 1 saturated carbocycles. The molecule has 5 nitrogen and oxygen atoms in total. The van der Waals surface area contributed by atoms with Crippen LogP contribution in [-0.2, 0) is 14.3 Å². The maximum atomic E-state index is 12.5. The van der Waals surface area contributed by atoms with Gasteiger partial charge in [0.1, 0.15) is 0 Å². The molecule has 130 valence electrons. The lowest BCUT2D eigenvalue weighted by molar-refractivity contribution is -0.141. The fourth-order valence-electron chi connectivity index (χ4n) is 4.13. The number of likely N-dealkylation sites (tertiary alicyclic amines) is 1. The Kier molecular flexibility index (Phi) is 5.92. The predicted molar refractivity (Wildman–Crippen MR) is 87.9 cm³/mol. The average molecular weight is 322 g/mol. The Morgan fingerprint density at radius 3 is 2.13 bits per heavy atom. The van der Waals surface area contributed by atoms with Crippen LogP contribution in [0, 0.1) is 11.8 Å². The number of carbonyl (C=O) groups excluding carboxylic acids is 2. The lowest BCUT2D eigenvalue weighted by atomic mass is 9.91. The molecule has 3 rings (SSSR count). The lowest BCUT2D eigenvalue weighted by Gasteiger charge is -2.35. The number of nitrogens with one attached hydrogen (secondary N) is 1. The first kappa shape index (κ1) is 16.7. The maximum Gasteiger partial charge on any atom is 0.225 e. The third-order valence-electron chi connectivity index (χ3n) is 5.70. The summed E-state index contributed by atoms with van der Waals surface area (Å²) in [4.78, 5) is 26.9. The second kappa shape index (κ2) is 8.13. The van der Waals surface area contributed by atoms with Crippen molar-refractivity contribution in [2.24, 2.45) is 11.8 Å². The summed E-state index contributed by atoms with van der Waals surface area (Å²) in [6.45, 7) is 2.88. The van der Waals surface area contributed by atoms with Crippen LogP contribution < -0.4 is 5.32 Å². The molecule has 2 heterocycles. The summed E-state index contributed by atoms with van der Waals surface area (Å²) < 4.78 is 5.33. The minimum absolute atomic E-state index is 0.0932. The van der Waals surface area contributed by atoms with E-state index in [1.807, 2.05) is 4.90 Å². The minimum atomic E-state index is 0.0932. The second-order valence-corrected chi connectivity index (χ2v) is 7.33. The molecule has 1 aliphatic carbocycles. The van der Waals surface area contributed by atoms with E-state index in [0.717, 1.165) is 51.6 Å². The van der Waals surface area contributed by atoms with Crippen molar-refractivity contribution in [3.05, 3.63) is 0 Å². The van der Waals surface area contributed by atoms with E-state index >= 15 is 0 Å². The number of carbonyl (C=O) groups is 2. The van der Waals surface area contributed by atoms with Gasteiger partial charge in [0.05, 0.1) is 0 Å². The third-order valence-corrected chi connectivity index (χ3v) is 5.70. The lowest BCUT2D eigenvalue weighted by Crippen LogP contribution is -2.47. The molecular weight excluding hydrogens is 292 g/mol. The summed E-state index contributed by atoms with van der Waals surface area (Å²) in [6, 6.07) is 0.387. The highest BCUT2D eigenvalue weighted by Gasteiger charge is 2.32. The fraction of sp³-hybridized carbons (Fsp3) is 0.889. The first-order chi connectivity index (χ1) is 11.2. The number of piperidine rings is 1. The van der Waals surface area contributed by atoms with Crippen molar-refractivity contribution >= 4 is 11.8 Å². The molecule has 23 heavy (non-hydrogen) atoms. The van der Waals surface area contributed by atoms with Gasteiger partial charge in [-0.25, -0.2) is 0 Å². The first-order valence-electron chi connectivity index (χ1n) is 9.41. The zero-order chi connectivity index (χ0) is 16.1. The predicted octanol–water partition coefficient (Wildman–Crippen LogP) is 2.10. The van der Waals surface area contributed by atoms with E-state index in [9.17, 15) is 9.59 Å². The standard InChI is InChI=1S/C18H30N2O3/c21-17(19-16-4-2-1-3-5-16)14-6-10-20(11-7-14)18(22)15-8-12-23-13-9-15/h14-16H,1-13H2,(H,19,21). The van der Waals surface area contributed by atoms with Crippen molar-refractivity contribution in [2.75, 3.05) is 26.3 Å². The van der Waals surface area contributed by atoms with E-state index in [4.69, 9.17) is 4.74 Å². The highest BCUT2D eigenvalue weighted by Crippen LogP contribution is 2.24. The summed E-state index contributed by atoms with van der Waals surface area (Å²) in [5, 5.41) is 3.24. The van der Waals surface area contributed by atoms with Crippen LogP contribution in [0.5, 0.6) is 0 Å². The van der Waals surface area contributed by atoms with Gasteiger partial charge in [-0.1, -0.05) is 19.3 Å². The van der Waals surface area contributed by atoms with Crippen molar-refractivity contribution in [1.82, 2.24) is 10.2 Å². The molecular formula is C18H30N2O3. The Labute approximate surface area is 139 Å². The summed E-state index contributed by atoms with van der Waals surface area (Å²) in [6.07, 6.45) is 9.37. The van der Waals surface area contributed by atoms with Crippen LogP contribution in [0.2, 0.25) is 0 Å². The Hall–Kier alpha value is -1.10. The monoisotopic (exact) mass is 322 g/mol. The summed E-state index contributed by atoms with van der Waals surface area (Å²) in [5.41, 5.74) is 0. The highest BCUT2D eigenvalue weighted by molar-refractivity contribution is 5.81. The van der Waals surface area contributed by atoms with Gasteiger partial charge in [0.2, 0.25) is 11.8 Å². The molecule has 1 N–H and O–H groups in total. The first-order valence-corrected chi connectivity index (χ1v) is 9.41. The number of hydrogen-bond acceptors (Lipinski definition) is 3. The summed E-state index contributed by atoms with van der Waals surface area (Å²) in [5.74, 6) is 0.724. The normalized spacial score (nSPS) is 25.3. The van der Waals surface area contributed by atoms with Gasteiger partial charge >= 0.3 is 0 Å². The van der Waals surface area contributed by atoms with Gasteiger partial charge in [-0.15, -0.1) is 0 Å². The Morgan fingerprint density at radius 1 is 0.826 bits per heavy atom. The third kappa shape index (κ3) is 4.46. The van der Waals surface area contributed by atoms with Crippen LogP contribution in [-0.4, -0.2) is 49.1 Å². The van der Waals surface area contributed by atoms with E-state index in [-0.39, 0.29) is 23.7 Å². The zero-order valence-corrected chi connectivity index (χ0v) is 14.1. The van der Waals surface area contributed by atoms with Gasteiger partial charge in [-0.05, 0) is 38.5 Å². The smallest absolute Gasteiger partial charge is 0.225 e. The molecule has 0 radical (unpaired) electrons. The van der Waals surface area contributed by atoms with E-state index < -0.39 is 0 Å². The van der Waals surface area contributed by atoms with Crippen molar-refractivity contribution in [2.45, 2.75) is 63.8 Å². The molecule has 5 heteroatoms. The Morgan fingerprint density at radius 2 is 1.48 bits per heavy atom. The van der Waals surface area contributed by atoms with Crippen LogP contribution in [0.4, 0.5) is 0 Å². The van der Waals surface area contributed by atoms with Gasteiger partial charge in [0, 0.05) is 44.2 Å². The Balaban J connectivity index is 1.42. The van der Waals surface area contributed by atoms with Gasteiger partial charge in [-0.2, -0.15) is 0 Å². The summed E-state index contributed by atoms with van der Waals surface area (Å²) in [7, 11) is 0. The second-order valence-electron chi connectivity index (χ2n) is 7.33. The van der Waals surface area contributed by atoms with Crippen LogP contribution in [0.1, 0.15) is 57.8 Å². The average Bonchev–Trinajstić information content (AvgIpc) is 2.63. The fourth-order valence-corrected chi connectivity index (χ4v) is 4.13. The van der Waals surface area contributed by atoms with Gasteiger partial charge < -0.3 is 15.0 Å². The maximum absolute atomic E-state index is 12.5. The number of rotatable bonds is 3. The number of amides is 2. The molecule has 0 spiro atoms. The van der Waals surface area contributed by atoms with Crippen molar-refractivity contribution < 1.29 is 14.3 Å². The molecule has 2 amide bonds. The van der Waals surface area contributed by atoms with Gasteiger partial charge in [0.25, 0.3) is 0 Å². The van der Waals surface area contributed by atoms with Crippen molar-refractivity contribution in [3.63, 3.8) is 0 Å². The quantitative estimate of drug-likeness (QED) is 0.866. The van der Waals surface area contributed by atoms with E-state index in [0.29, 0.717) is 19.3 Å². The van der Waals surface area contributed by atoms with E-state index in [1.54, 1.807) is 0 Å². The van der Waals surface area contributed by atoms with E-state index in [2.05, 4.69) is 5.32 Å². The molecule has 0 aromatic heterocycles. The number of hydrogen-bond donors (Lipinski definition) is 1. The minimum Gasteiger partial charge on any atom is -0.381 e. The van der Waals surface area contributed by atoms with E-state index in [1.165, 1.54) is 19.3 Å². The van der Waals surface area contributed by atoms with Crippen LogP contribution in [0.25, 0.3) is 0 Å². The molecule has 0 unspecified atom stereocenters. The van der Waals surface area contributed by atoms with Gasteiger partial charge in [0.15, 0.2) is 0 Å². The molecule has 3 fully saturated rings. The molecule has 0 bridgehead atoms. The SMILES string of the molecule is O=C(NC1CCCCC1)C1CCN(C(=O)C2CCOCC2)CC1. The van der Waals surface area contributed by atoms with Gasteiger partial charge in [-0.3, -0.25) is 9.59 Å². The highest BCUT2D eigenvalue weighted by atomic mass is 16.5. The largest absolute Gasteiger partial charge is 0.381 e. The zero-order valence-electron chi connectivity index (χ0n) is 14.1. The number of nitrogens with zero attached hydrogens (tertiary/aromatic N) is 1. The Bertz CT molecular complexity index is 406. The molecule has 0 aromatic carbocycles. The van der Waals surface area contributed by atoms with Crippen LogP contribution in [0.15, 0.2) is 0 Å². The molecule has 0 atom stereocenters. The van der Waals surface area contributed by atoms with Crippen molar-refractivity contribution in [1.29, 1.82) is 0 Å². The number of ether oxygens (including phenoxy) is 1.